The third-order valence-corrected chi connectivity index (χ3v) is 3.06. The Morgan fingerprint density at radius 2 is 1.83 bits per heavy atom. The highest BCUT2D eigenvalue weighted by atomic mass is 16.5. The van der Waals surface area contributed by atoms with Gasteiger partial charge in [-0.2, -0.15) is 0 Å². The highest BCUT2D eigenvalue weighted by Crippen LogP contribution is 2.16. The molecular formula is C19H19NO3. The van der Waals surface area contributed by atoms with E-state index in [1.807, 2.05) is 54.6 Å². The number of hydrogen-bond donors (Lipinski definition) is 1. The van der Waals surface area contributed by atoms with Gasteiger partial charge >= 0.3 is 5.97 Å². The topological polar surface area (TPSA) is 47.6 Å². The van der Waals surface area contributed by atoms with Gasteiger partial charge in [-0.05, 0) is 43.3 Å². The lowest BCUT2D eigenvalue weighted by Gasteiger charge is -2.13. The first-order valence-electron chi connectivity index (χ1n) is 7.36. The summed E-state index contributed by atoms with van der Waals surface area (Å²) in [5.41, 5.74) is 1.62. The molecule has 0 saturated heterocycles. The first-order valence-corrected chi connectivity index (χ1v) is 7.36. The van der Waals surface area contributed by atoms with Gasteiger partial charge in [0, 0.05) is 11.3 Å². The van der Waals surface area contributed by atoms with E-state index in [0.29, 0.717) is 6.61 Å². The average Bonchev–Trinajstić information content (AvgIpc) is 2.60. The maximum Gasteiger partial charge on any atom is 0.341 e. The number of nitrogens with one attached hydrogen (secondary N) is 1. The van der Waals surface area contributed by atoms with Crippen LogP contribution >= 0.6 is 0 Å². The summed E-state index contributed by atoms with van der Waals surface area (Å²) in [6, 6.07) is 16.1. The van der Waals surface area contributed by atoms with Crippen molar-refractivity contribution in [2.75, 3.05) is 19.0 Å². The van der Waals surface area contributed by atoms with E-state index in [0.717, 1.165) is 17.0 Å². The maximum atomic E-state index is 12.1. The minimum atomic E-state index is -0.733. The van der Waals surface area contributed by atoms with Gasteiger partial charge < -0.3 is 14.8 Å². The lowest BCUT2D eigenvalue weighted by Crippen LogP contribution is -2.30. The van der Waals surface area contributed by atoms with Gasteiger partial charge in [0.15, 0.2) is 6.04 Å². The average molecular weight is 309 g/mol. The van der Waals surface area contributed by atoms with E-state index in [2.05, 4.69) is 17.2 Å². The summed E-state index contributed by atoms with van der Waals surface area (Å²) in [6.07, 6.45) is 0. The molecule has 0 heterocycles. The summed E-state index contributed by atoms with van der Waals surface area (Å²) in [6.45, 7) is 2.08. The second-order valence-electron chi connectivity index (χ2n) is 4.69. The highest BCUT2D eigenvalue weighted by molar-refractivity contribution is 5.83. The number of anilines is 1. The number of hydrogen-bond acceptors (Lipinski definition) is 4. The quantitative estimate of drug-likeness (QED) is 0.681. The fourth-order valence-electron chi connectivity index (χ4n) is 1.91. The van der Waals surface area contributed by atoms with Crippen LogP contribution < -0.4 is 10.1 Å². The van der Waals surface area contributed by atoms with Crippen LogP contribution in [0, 0.1) is 11.8 Å². The summed E-state index contributed by atoms with van der Waals surface area (Å²) in [5.74, 6) is 6.27. The molecule has 2 aromatic rings. The van der Waals surface area contributed by atoms with Crippen LogP contribution in [0.25, 0.3) is 0 Å². The molecular weight excluding hydrogens is 290 g/mol. The molecule has 0 radical (unpaired) electrons. The summed E-state index contributed by atoms with van der Waals surface area (Å²) in [5, 5.41) is 3.08. The summed E-state index contributed by atoms with van der Waals surface area (Å²) in [7, 11) is 1.61. The van der Waals surface area contributed by atoms with E-state index >= 15 is 0 Å². The molecule has 0 fully saturated rings. The molecule has 0 aromatic heterocycles. The van der Waals surface area contributed by atoms with Crippen molar-refractivity contribution in [1.82, 2.24) is 0 Å². The molecule has 23 heavy (non-hydrogen) atoms. The number of methoxy groups -OCH3 is 1. The van der Waals surface area contributed by atoms with Gasteiger partial charge in [0.1, 0.15) is 5.75 Å². The molecule has 4 heteroatoms. The molecule has 0 bridgehead atoms. The third kappa shape index (κ3) is 5.08. The summed E-state index contributed by atoms with van der Waals surface area (Å²) >= 11 is 0. The number of esters is 1. The van der Waals surface area contributed by atoms with Crippen molar-refractivity contribution in [2.24, 2.45) is 0 Å². The number of carbonyl (C=O) groups is 1. The Labute approximate surface area is 136 Å². The van der Waals surface area contributed by atoms with Crippen LogP contribution in [0.5, 0.6) is 5.75 Å². The van der Waals surface area contributed by atoms with Crippen molar-refractivity contribution in [3.63, 3.8) is 0 Å². The van der Waals surface area contributed by atoms with Gasteiger partial charge in [0.2, 0.25) is 0 Å². The summed E-state index contributed by atoms with van der Waals surface area (Å²) < 4.78 is 10.2. The van der Waals surface area contributed by atoms with Crippen LogP contribution in [-0.2, 0) is 9.53 Å². The molecule has 0 aliphatic rings. The van der Waals surface area contributed by atoms with E-state index in [9.17, 15) is 4.79 Å². The predicted octanol–water partition coefficient (Wildman–Crippen LogP) is 3.09. The first kappa shape index (κ1) is 16.4. The lowest BCUT2D eigenvalue weighted by molar-refractivity contribution is -0.142. The number of rotatable bonds is 5. The monoisotopic (exact) mass is 309 g/mol. The van der Waals surface area contributed by atoms with Crippen molar-refractivity contribution in [3.8, 4) is 17.6 Å². The van der Waals surface area contributed by atoms with Crippen molar-refractivity contribution in [2.45, 2.75) is 13.0 Å². The van der Waals surface area contributed by atoms with Crippen molar-refractivity contribution < 1.29 is 14.3 Å². The molecule has 0 aliphatic carbocycles. The van der Waals surface area contributed by atoms with E-state index in [4.69, 9.17) is 9.47 Å². The van der Waals surface area contributed by atoms with Gasteiger partial charge in [-0.3, -0.25) is 0 Å². The molecule has 0 amide bonds. The van der Waals surface area contributed by atoms with E-state index in [1.165, 1.54) is 0 Å². The molecule has 0 unspecified atom stereocenters. The molecule has 0 saturated carbocycles. The second kappa shape index (κ2) is 8.50. The van der Waals surface area contributed by atoms with Gasteiger partial charge in [-0.15, -0.1) is 0 Å². The lowest BCUT2D eigenvalue weighted by atomic mass is 10.2. The van der Waals surface area contributed by atoms with Crippen molar-refractivity contribution in [3.05, 3.63) is 60.2 Å². The van der Waals surface area contributed by atoms with Gasteiger partial charge in [-0.25, -0.2) is 4.79 Å². The number of benzene rings is 2. The normalized spacial score (nSPS) is 10.9. The largest absolute Gasteiger partial charge is 0.497 e. The van der Waals surface area contributed by atoms with Crippen LogP contribution in [0.3, 0.4) is 0 Å². The van der Waals surface area contributed by atoms with Crippen LogP contribution in [-0.4, -0.2) is 25.7 Å². The van der Waals surface area contributed by atoms with Crippen LogP contribution in [0.4, 0.5) is 5.69 Å². The minimum absolute atomic E-state index is 0.312. The van der Waals surface area contributed by atoms with Crippen LogP contribution in [0.15, 0.2) is 54.6 Å². The molecule has 0 spiro atoms. The van der Waals surface area contributed by atoms with E-state index in [-0.39, 0.29) is 0 Å². The fraction of sp³-hybridized carbons (Fsp3) is 0.211. The van der Waals surface area contributed by atoms with Crippen molar-refractivity contribution in [1.29, 1.82) is 0 Å². The van der Waals surface area contributed by atoms with Gasteiger partial charge in [0.25, 0.3) is 0 Å². The Bertz CT molecular complexity index is 684. The smallest absolute Gasteiger partial charge is 0.341 e. The standard InChI is InChI=1S/C19H19NO3/c1-3-23-19(21)18(14-9-15-7-5-4-6-8-15)20-16-10-12-17(22-2)13-11-16/h4-8,10-13,18,20H,3H2,1-2H3/t18-/m1/s1. The molecule has 2 rings (SSSR count). The van der Waals surface area contributed by atoms with Crippen LogP contribution in [0.1, 0.15) is 12.5 Å². The molecule has 1 N–H and O–H groups in total. The fourth-order valence-corrected chi connectivity index (χ4v) is 1.91. The molecule has 0 aliphatic heterocycles. The SMILES string of the molecule is CCOC(=O)[C@@H](C#Cc1ccccc1)Nc1ccc(OC)cc1. The zero-order valence-corrected chi connectivity index (χ0v) is 13.2. The Morgan fingerprint density at radius 1 is 1.13 bits per heavy atom. The molecule has 118 valence electrons. The van der Waals surface area contributed by atoms with Gasteiger partial charge in [-0.1, -0.05) is 30.0 Å². The van der Waals surface area contributed by atoms with E-state index < -0.39 is 12.0 Å². The Balaban J connectivity index is 2.16. The number of carbonyl (C=O) groups excluding carboxylic acids is 1. The minimum Gasteiger partial charge on any atom is -0.497 e. The zero-order valence-electron chi connectivity index (χ0n) is 13.2. The second-order valence-corrected chi connectivity index (χ2v) is 4.69. The third-order valence-electron chi connectivity index (χ3n) is 3.06. The maximum absolute atomic E-state index is 12.1. The molecule has 2 aromatic carbocycles. The zero-order chi connectivity index (χ0) is 16.5. The van der Waals surface area contributed by atoms with Crippen LogP contribution in [0.2, 0.25) is 0 Å². The number of ether oxygens (including phenoxy) is 2. The summed E-state index contributed by atoms with van der Waals surface area (Å²) in [4.78, 5) is 12.1. The first-order chi connectivity index (χ1) is 11.2. The molecule has 1 atom stereocenters. The highest BCUT2D eigenvalue weighted by Gasteiger charge is 2.16. The van der Waals surface area contributed by atoms with E-state index in [1.54, 1.807) is 14.0 Å². The Hall–Kier alpha value is -2.93. The Kier molecular flexibility index (Phi) is 6.07. The van der Waals surface area contributed by atoms with Gasteiger partial charge in [0.05, 0.1) is 13.7 Å². The Morgan fingerprint density at radius 3 is 2.43 bits per heavy atom. The van der Waals surface area contributed by atoms with Crippen molar-refractivity contribution >= 4 is 11.7 Å². The molecule has 4 nitrogen and oxygen atoms in total. The predicted molar refractivity (Wildman–Crippen MR) is 90.4 cm³/mol.